The van der Waals surface area contributed by atoms with Gasteiger partial charge in [-0.15, -0.1) is 0 Å². The molecule has 0 aromatic rings. The Bertz CT molecular complexity index is 628. The summed E-state index contributed by atoms with van der Waals surface area (Å²) >= 11 is 0. The minimum atomic E-state index is -3.71. The Hall–Kier alpha value is 0.1000. The minimum Gasteiger partial charge on any atom is -0.388 e. The lowest BCUT2D eigenvalue weighted by Gasteiger charge is -2.20. The smallest absolute Gasteiger partial charge is 0.330 e. The molecule has 5 unspecified atom stereocenters. The van der Waals surface area contributed by atoms with Gasteiger partial charge < -0.3 is 38.4 Å². The summed E-state index contributed by atoms with van der Waals surface area (Å²) in [4.78, 5) is 19.9. The molecular formula is C24H53NO10P2. The van der Waals surface area contributed by atoms with Gasteiger partial charge in [0, 0.05) is 18.8 Å². The molecule has 5 atom stereocenters. The van der Waals surface area contributed by atoms with Gasteiger partial charge in [0.05, 0.1) is 58.5 Å². The van der Waals surface area contributed by atoms with Gasteiger partial charge in [-0.05, 0) is 19.3 Å². The van der Waals surface area contributed by atoms with Crippen LogP contribution in [0, 0.1) is 0 Å². The molecule has 0 aromatic carbocycles. The van der Waals surface area contributed by atoms with Gasteiger partial charge >= 0.3 is 7.60 Å². The molecule has 0 aliphatic carbocycles. The van der Waals surface area contributed by atoms with Gasteiger partial charge in [0.1, 0.15) is 6.10 Å². The zero-order valence-electron chi connectivity index (χ0n) is 23.3. The van der Waals surface area contributed by atoms with E-state index >= 15 is 0 Å². The maximum Gasteiger partial charge on any atom is 0.330 e. The van der Waals surface area contributed by atoms with E-state index in [2.05, 4.69) is 12.0 Å². The molecule has 11 nitrogen and oxygen atoms in total. The molecule has 0 aliphatic heterocycles. The van der Waals surface area contributed by atoms with Crippen LogP contribution in [0.15, 0.2) is 0 Å². The van der Waals surface area contributed by atoms with E-state index in [1.165, 1.54) is 6.42 Å². The minimum absolute atomic E-state index is 0.0127. The Morgan fingerprint density at radius 2 is 1.30 bits per heavy atom. The zero-order valence-corrected chi connectivity index (χ0v) is 25.1. The van der Waals surface area contributed by atoms with Gasteiger partial charge in [-0.2, -0.15) is 0 Å². The Kier molecular flexibility index (Phi) is 22.9. The summed E-state index contributed by atoms with van der Waals surface area (Å²) in [6.07, 6.45) is 5.35. The second kappa shape index (κ2) is 22.9. The number of unbranched alkanes of at least 4 members (excludes halogenated alkanes) is 3. The van der Waals surface area contributed by atoms with Crippen LogP contribution in [0.2, 0.25) is 0 Å². The highest BCUT2D eigenvalue weighted by molar-refractivity contribution is 7.56. The van der Waals surface area contributed by atoms with Crippen LogP contribution >= 0.6 is 15.1 Å². The molecule has 0 saturated heterocycles. The lowest BCUT2D eigenvalue weighted by Crippen LogP contribution is -2.23. The zero-order chi connectivity index (χ0) is 28.0. The molecule has 0 rings (SSSR count). The van der Waals surface area contributed by atoms with E-state index in [1.807, 2.05) is 6.92 Å². The molecule has 0 fully saturated rings. The SMILES string of the molecule is CCCCCCC(C)P(=O)(O)NCCCOCCOCCOCCOCC(O)COP(=O)(O)C(C)CC. The normalized spacial score (nSPS) is 17.7. The summed E-state index contributed by atoms with van der Waals surface area (Å²) in [5.41, 5.74) is -0.709. The van der Waals surface area contributed by atoms with Crippen molar-refractivity contribution in [3.63, 3.8) is 0 Å². The Balaban J connectivity index is 3.50. The van der Waals surface area contributed by atoms with Crippen LogP contribution in [0.3, 0.4) is 0 Å². The van der Waals surface area contributed by atoms with Gasteiger partial charge in [-0.25, -0.2) is 5.09 Å². The summed E-state index contributed by atoms with van der Waals surface area (Å²) in [5, 5.41) is 12.6. The van der Waals surface area contributed by atoms with Crippen LogP contribution in [0.1, 0.15) is 72.6 Å². The van der Waals surface area contributed by atoms with Gasteiger partial charge in [0.2, 0.25) is 0 Å². The molecule has 0 saturated carbocycles. The largest absolute Gasteiger partial charge is 0.388 e. The summed E-state index contributed by atoms with van der Waals surface area (Å²) < 4.78 is 50.7. The van der Waals surface area contributed by atoms with Crippen LogP contribution in [-0.2, 0) is 32.6 Å². The lowest BCUT2D eigenvalue weighted by atomic mass is 10.1. The molecule has 0 radical (unpaired) electrons. The average molecular weight is 578 g/mol. The first-order valence-corrected chi connectivity index (χ1v) is 17.0. The predicted octanol–water partition coefficient (Wildman–Crippen LogP) is 3.94. The number of rotatable bonds is 27. The molecule has 4 N–H and O–H groups in total. The van der Waals surface area contributed by atoms with Crippen LogP contribution in [0.4, 0.5) is 0 Å². The van der Waals surface area contributed by atoms with Crippen molar-refractivity contribution in [2.24, 2.45) is 0 Å². The fraction of sp³-hybridized carbons (Fsp3) is 1.00. The summed E-state index contributed by atoms with van der Waals surface area (Å²) in [6.45, 7) is 10.3. The van der Waals surface area contributed by atoms with Gasteiger partial charge in [-0.3, -0.25) is 9.13 Å². The van der Waals surface area contributed by atoms with Crippen molar-refractivity contribution in [3.05, 3.63) is 0 Å². The van der Waals surface area contributed by atoms with Crippen molar-refractivity contribution >= 4 is 15.1 Å². The summed E-state index contributed by atoms with van der Waals surface area (Å²) in [7, 11) is -7.04. The number of aliphatic hydroxyl groups is 1. The van der Waals surface area contributed by atoms with Crippen LogP contribution in [0.5, 0.6) is 0 Å². The number of hydrogen-bond acceptors (Lipinski definition) is 8. The number of hydrogen-bond donors (Lipinski definition) is 4. The Labute approximate surface area is 224 Å². The van der Waals surface area contributed by atoms with Gasteiger partial charge in [-0.1, -0.05) is 53.4 Å². The predicted molar refractivity (Wildman–Crippen MR) is 145 cm³/mol. The molecule has 0 bridgehead atoms. The van der Waals surface area contributed by atoms with Crippen molar-refractivity contribution in [2.75, 3.05) is 66.0 Å². The Morgan fingerprint density at radius 1 is 0.730 bits per heavy atom. The van der Waals surface area contributed by atoms with Crippen molar-refractivity contribution in [1.82, 2.24) is 5.09 Å². The molecular weight excluding hydrogens is 524 g/mol. The number of nitrogens with one attached hydrogen (secondary N) is 1. The van der Waals surface area contributed by atoms with Crippen molar-refractivity contribution < 1.29 is 47.5 Å². The highest BCUT2D eigenvalue weighted by Crippen LogP contribution is 2.48. The third-order valence-electron chi connectivity index (χ3n) is 5.90. The van der Waals surface area contributed by atoms with E-state index in [1.54, 1.807) is 13.8 Å². The quantitative estimate of drug-likeness (QED) is 0.0829. The van der Waals surface area contributed by atoms with Crippen molar-refractivity contribution in [3.8, 4) is 0 Å². The third kappa shape index (κ3) is 20.6. The standard InChI is InChI=1S/C24H53NO10P2/c1-5-7-8-9-11-23(4)36(27,28)25-12-10-13-31-14-15-32-16-17-33-18-19-34-20-24(26)21-35-37(29,30)22(3)6-2/h22-24,26H,5-21H2,1-4H3,(H,29,30)(H2,25,27,28). The fourth-order valence-electron chi connectivity index (χ4n) is 3.09. The monoisotopic (exact) mass is 577 g/mol. The highest BCUT2D eigenvalue weighted by Gasteiger charge is 2.28. The van der Waals surface area contributed by atoms with E-state index in [9.17, 15) is 24.0 Å². The van der Waals surface area contributed by atoms with E-state index in [-0.39, 0.29) is 25.5 Å². The van der Waals surface area contributed by atoms with Crippen LogP contribution < -0.4 is 5.09 Å². The molecule has 0 spiro atoms. The van der Waals surface area contributed by atoms with E-state index in [4.69, 9.17) is 23.5 Å². The molecule has 0 aliphatic rings. The highest BCUT2D eigenvalue weighted by atomic mass is 31.2. The van der Waals surface area contributed by atoms with Crippen molar-refractivity contribution in [1.29, 1.82) is 0 Å². The van der Waals surface area contributed by atoms with Crippen LogP contribution in [0.25, 0.3) is 0 Å². The number of ether oxygens (including phenoxy) is 4. The van der Waals surface area contributed by atoms with E-state index in [0.717, 1.165) is 25.7 Å². The van der Waals surface area contributed by atoms with E-state index in [0.29, 0.717) is 59.0 Å². The molecule has 13 heteroatoms. The van der Waals surface area contributed by atoms with Crippen LogP contribution in [-0.4, -0.2) is 98.3 Å². The topological polar surface area (TPSA) is 153 Å². The maximum absolute atomic E-state index is 12.3. The lowest BCUT2D eigenvalue weighted by molar-refractivity contribution is -0.0252. The molecule has 0 heterocycles. The maximum atomic E-state index is 12.3. The summed E-state index contributed by atoms with van der Waals surface area (Å²) in [5.74, 6) is 0. The molecule has 0 amide bonds. The molecule has 37 heavy (non-hydrogen) atoms. The van der Waals surface area contributed by atoms with Crippen molar-refractivity contribution in [2.45, 2.75) is 90.1 Å². The van der Waals surface area contributed by atoms with E-state index < -0.39 is 26.9 Å². The first-order valence-electron chi connectivity index (χ1n) is 13.6. The first-order chi connectivity index (χ1) is 17.6. The first kappa shape index (κ1) is 37.1. The molecule has 0 aromatic heterocycles. The van der Waals surface area contributed by atoms with Gasteiger partial charge in [0.15, 0.2) is 0 Å². The second-order valence-corrected chi connectivity index (χ2v) is 14.0. The van der Waals surface area contributed by atoms with Gasteiger partial charge in [0.25, 0.3) is 7.52 Å². The Morgan fingerprint density at radius 3 is 1.86 bits per heavy atom. The average Bonchev–Trinajstić information content (AvgIpc) is 2.86. The third-order valence-corrected chi connectivity index (χ3v) is 10.0. The molecule has 224 valence electrons. The number of aliphatic hydroxyl groups excluding tert-OH is 1. The fourth-order valence-corrected chi connectivity index (χ4v) is 5.51. The second-order valence-electron chi connectivity index (χ2n) is 9.27. The summed E-state index contributed by atoms with van der Waals surface area (Å²) in [6, 6.07) is 0.